The third-order valence-corrected chi connectivity index (χ3v) is 4.06. The molecule has 2 aromatic heterocycles. The van der Waals surface area contributed by atoms with Crippen LogP contribution in [0, 0.1) is 6.92 Å². The lowest BCUT2D eigenvalue weighted by Crippen LogP contribution is -2.04. The summed E-state index contributed by atoms with van der Waals surface area (Å²) in [4.78, 5) is 16.2. The molecule has 1 aromatic carbocycles. The molecule has 3 rings (SSSR count). The fourth-order valence-corrected chi connectivity index (χ4v) is 2.53. The topological polar surface area (TPSA) is 72.6 Å². The summed E-state index contributed by atoms with van der Waals surface area (Å²) >= 11 is 15.4. The van der Waals surface area contributed by atoms with Gasteiger partial charge in [-0.25, -0.2) is 4.79 Å². The maximum absolute atomic E-state index is 12.3. The van der Waals surface area contributed by atoms with Gasteiger partial charge in [0, 0.05) is 34.6 Å². The molecule has 8 heteroatoms. The maximum Gasteiger partial charge on any atom is 0.348 e. The number of benzene rings is 1. The number of pyridine rings is 1. The molecule has 0 spiro atoms. The Morgan fingerprint density at radius 3 is 2.52 bits per heavy atom. The van der Waals surface area contributed by atoms with E-state index in [2.05, 4.69) is 21.9 Å². The Hall–Kier alpha value is -2.41. The van der Waals surface area contributed by atoms with E-state index in [0.717, 1.165) is 5.56 Å². The summed E-state index contributed by atoms with van der Waals surface area (Å²) in [6.07, 6.45) is 3.16. The minimum absolute atomic E-state index is 0.0534. The molecular weight excluding hydrogens is 409 g/mol. The lowest BCUT2D eigenvalue weighted by molar-refractivity contribution is 0.425. The molecule has 140 valence electrons. The van der Waals surface area contributed by atoms with Crippen molar-refractivity contribution < 1.29 is 14.3 Å². The zero-order valence-electron chi connectivity index (χ0n) is 14.4. The van der Waals surface area contributed by atoms with Crippen LogP contribution in [0.3, 0.4) is 0 Å². The Bertz CT molecular complexity index is 1010. The van der Waals surface area contributed by atoms with E-state index in [4.69, 9.17) is 27.6 Å². The second-order valence-electron chi connectivity index (χ2n) is 5.33. The number of nitrogens with zero attached hydrogens (tertiary/aromatic N) is 1. The van der Waals surface area contributed by atoms with Crippen LogP contribution in [0.25, 0.3) is 22.5 Å². The van der Waals surface area contributed by atoms with Crippen molar-refractivity contribution in [2.24, 2.45) is 0 Å². The third kappa shape index (κ3) is 5.53. The van der Waals surface area contributed by atoms with Crippen LogP contribution in [-0.4, -0.2) is 21.7 Å². The Labute approximate surface area is 171 Å². The predicted octanol–water partition coefficient (Wildman–Crippen LogP) is 5.19. The first-order valence-electron chi connectivity index (χ1n) is 7.61. The SMILES string of the molecule is COC(=S)Cl.Cc1ccc(-c2c(O)cc(-c3cccnc3)oc2=O)c(Cl)c1. The van der Waals surface area contributed by atoms with Gasteiger partial charge in [0.05, 0.1) is 7.11 Å². The molecule has 0 aliphatic rings. The van der Waals surface area contributed by atoms with Gasteiger partial charge in [0.1, 0.15) is 17.1 Å². The molecule has 3 aromatic rings. The van der Waals surface area contributed by atoms with Gasteiger partial charge in [-0.15, -0.1) is 0 Å². The molecule has 0 aliphatic heterocycles. The molecule has 0 saturated heterocycles. The normalized spacial score (nSPS) is 9.93. The van der Waals surface area contributed by atoms with Gasteiger partial charge in [-0.05, 0) is 54.5 Å². The van der Waals surface area contributed by atoms with E-state index in [1.54, 1.807) is 36.7 Å². The van der Waals surface area contributed by atoms with E-state index >= 15 is 0 Å². The summed E-state index contributed by atoms with van der Waals surface area (Å²) in [6.45, 7) is 1.89. The highest BCUT2D eigenvalue weighted by Crippen LogP contribution is 2.34. The highest BCUT2D eigenvalue weighted by atomic mass is 35.5. The average Bonchev–Trinajstić information content (AvgIpc) is 2.64. The summed E-state index contributed by atoms with van der Waals surface area (Å²) in [7, 11) is 1.43. The lowest BCUT2D eigenvalue weighted by atomic mass is 10.0. The van der Waals surface area contributed by atoms with E-state index in [9.17, 15) is 9.90 Å². The Kier molecular flexibility index (Phi) is 7.36. The van der Waals surface area contributed by atoms with Gasteiger partial charge in [-0.3, -0.25) is 4.98 Å². The number of hydrogen-bond donors (Lipinski definition) is 1. The number of hydrogen-bond acceptors (Lipinski definition) is 6. The van der Waals surface area contributed by atoms with Crippen LogP contribution in [-0.2, 0) is 4.74 Å². The van der Waals surface area contributed by atoms with Crippen molar-refractivity contribution >= 4 is 39.9 Å². The van der Waals surface area contributed by atoms with Gasteiger partial charge in [0.25, 0.3) is 4.51 Å². The fourth-order valence-electron chi connectivity index (χ4n) is 2.20. The van der Waals surface area contributed by atoms with Crippen molar-refractivity contribution in [1.82, 2.24) is 4.98 Å². The zero-order chi connectivity index (χ0) is 20.0. The number of aromatic hydroxyl groups is 1. The van der Waals surface area contributed by atoms with Crippen molar-refractivity contribution in [1.29, 1.82) is 0 Å². The van der Waals surface area contributed by atoms with Gasteiger partial charge >= 0.3 is 5.63 Å². The molecule has 0 unspecified atom stereocenters. The van der Waals surface area contributed by atoms with Crippen LogP contribution in [0.5, 0.6) is 5.75 Å². The lowest BCUT2D eigenvalue weighted by Gasteiger charge is -2.08. The number of aromatic nitrogens is 1. The van der Waals surface area contributed by atoms with Crippen LogP contribution in [0.1, 0.15) is 5.56 Å². The van der Waals surface area contributed by atoms with Crippen molar-refractivity contribution in [3.05, 3.63) is 69.8 Å². The number of halogens is 2. The molecule has 0 saturated carbocycles. The number of aryl methyl sites for hydroxylation is 1. The quantitative estimate of drug-likeness (QED) is 0.451. The number of methoxy groups -OCH3 is 1. The highest BCUT2D eigenvalue weighted by Gasteiger charge is 2.17. The van der Waals surface area contributed by atoms with E-state index in [1.165, 1.54) is 13.2 Å². The van der Waals surface area contributed by atoms with Crippen molar-refractivity contribution in [2.45, 2.75) is 6.92 Å². The van der Waals surface area contributed by atoms with Crippen molar-refractivity contribution in [3.8, 4) is 28.2 Å². The van der Waals surface area contributed by atoms with Gasteiger partial charge in [0.15, 0.2) is 0 Å². The molecule has 5 nitrogen and oxygen atoms in total. The van der Waals surface area contributed by atoms with Gasteiger partial charge < -0.3 is 14.3 Å². The minimum Gasteiger partial charge on any atom is -0.507 e. The van der Waals surface area contributed by atoms with Crippen LogP contribution in [0.2, 0.25) is 5.02 Å². The number of rotatable bonds is 2. The molecule has 27 heavy (non-hydrogen) atoms. The molecular formula is C19H15Cl2NO4S. The Balaban J connectivity index is 0.000000465. The summed E-state index contributed by atoms with van der Waals surface area (Å²) in [5, 5.41) is 10.6. The first kappa shape index (κ1) is 20.9. The first-order chi connectivity index (χ1) is 12.8. The second-order valence-corrected chi connectivity index (χ2v) is 6.67. The second kappa shape index (κ2) is 9.50. The van der Waals surface area contributed by atoms with E-state index in [1.807, 2.05) is 13.0 Å². The standard InChI is InChI=1S/C17H12ClNO3.C2H3ClOS/c1-10-4-5-12(13(18)7-10)16-14(20)8-15(22-17(16)21)11-3-2-6-19-9-11;1-4-2(3)5/h2-9,20H,1H3;1H3. The molecule has 0 fully saturated rings. The fraction of sp³-hybridized carbons (Fsp3) is 0.105. The van der Waals surface area contributed by atoms with Crippen LogP contribution in [0.4, 0.5) is 0 Å². The third-order valence-electron chi connectivity index (χ3n) is 3.43. The summed E-state index contributed by atoms with van der Waals surface area (Å²) < 4.78 is 9.61. The molecule has 1 N–H and O–H groups in total. The number of thiocarbonyl (C=S) groups is 1. The molecule has 0 radical (unpaired) electrons. The molecule has 0 bridgehead atoms. The van der Waals surface area contributed by atoms with E-state index in [0.29, 0.717) is 16.1 Å². The van der Waals surface area contributed by atoms with E-state index in [-0.39, 0.29) is 21.6 Å². The Morgan fingerprint density at radius 2 is 2.00 bits per heavy atom. The zero-order valence-corrected chi connectivity index (χ0v) is 16.7. The summed E-state index contributed by atoms with van der Waals surface area (Å²) in [6, 6.07) is 10.1. The average molecular weight is 424 g/mol. The molecule has 2 heterocycles. The summed E-state index contributed by atoms with van der Waals surface area (Å²) in [5.41, 5.74) is 1.42. The van der Waals surface area contributed by atoms with E-state index < -0.39 is 5.63 Å². The van der Waals surface area contributed by atoms with Crippen molar-refractivity contribution in [2.75, 3.05) is 7.11 Å². The van der Waals surface area contributed by atoms with Gasteiger partial charge in [0.2, 0.25) is 0 Å². The van der Waals surface area contributed by atoms with Crippen LogP contribution >= 0.6 is 35.4 Å². The maximum atomic E-state index is 12.3. The highest BCUT2D eigenvalue weighted by molar-refractivity contribution is 7.82. The first-order valence-corrected chi connectivity index (χ1v) is 8.77. The van der Waals surface area contributed by atoms with Crippen LogP contribution in [0.15, 0.2) is 58.0 Å². The monoisotopic (exact) mass is 423 g/mol. The molecule has 0 aliphatic carbocycles. The number of ether oxygens (including phenoxy) is 1. The minimum atomic E-state index is -0.649. The van der Waals surface area contributed by atoms with Gasteiger partial charge in [-0.2, -0.15) is 0 Å². The molecule has 0 amide bonds. The van der Waals surface area contributed by atoms with Crippen LogP contribution < -0.4 is 5.63 Å². The van der Waals surface area contributed by atoms with Crippen molar-refractivity contribution in [3.63, 3.8) is 0 Å². The smallest absolute Gasteiger partial charge is 0.348 e. The Morgan fingerprint density at radius 1 is 1.30 bits per heavy atom. The summed E-state index contributed by atoms with van der Waals surface area (Å²) in [5.74, 6) is 0.0726. The largest absolute Gasteiger partial charge is 0.507 e. The van der Waals surface area contributed by atoms with Gasteiger partial charge in [-0.1, -0.05) is 23.7 Å². The molecule has 0 atom stereocenters. The predicted molar refractivity (Wildman–Crippen MR) is 111 cm³/mol.